The number of aromatic nitrogens is 2. The van der Waals surface area contributed by atoms with Gasteiger partial charge in [-0.05, 0) is 5.41 Å². The molecule has 0 atom stereocenters. The van der Waals surface area contributed by atoms with E-state index in [1.54, 1.807) is 7.05 Å². The van der Waals surface area contributed by atoms with Crippen LogP contribution in [0.25, 0.3) is 0 Å². The second-order valence-electron chi connectivity index (χ2n) is 4.80. The second kappa shape index (κ2) is 3.52. The lowest BCUT2D eigenvalue weighted by atomic mass is 9.90. The van der Waals surface area contributed by atoms with Crippen LogP contribution >= 0.6 is 0 Å². The van der Waals surface area contributed by atoms with Gasteiger partial charge in [0.05, 0.1) is 4.92 Å². The van der Waals surface area contributed by atoms with Gasteiger partial charge in [0.2, 0.25) is 5.82 Å². The number of hydrogen-bond donors (Lipinski definition) is 1. The molecule has 0 aliphatic rings. The Morgan fingerprint density at radius 2 is 2.07 bits per heavy atom. The molecule has 0 saturated heterocycles. The zero-order valence-electron chi connectivity index (χ0n) is 9.44. The fourth-order valence-corrected chi connectivity index (χ4v) is 1.40. The first kappa shape index (κ1) is 11.5. The first-order chi connectivity index (χ1) is 6.72. The summed E-state index contributed by atoms with van der Waals surface area (Å²) in [6.45, 7) is 6.00. The third-order valence-corrected chi connectivity index (χ3v) is 2.02. The molecule has 15 heavy (non-hydrogen) atoms. The van der Waals surface area contributed by atoms with Crippen LogP contribution in [0.3, 0.4) is 0 Å². The van der Waals surface area contributed by atoms with Crippen LogP contribution in [0.2, 0.25) is 0 Å². The van der Waals surface area contributed by atoms with Gasteiger partial charge < -0.3 is 5.73 Å². The van der Waals surface area contributed by atoms with E-state index in [9.17, 15) is 10.1 Å². The SMILES string of the molecule is Cn1nc(CC(C)(C)C)c([N+](=O)[O-])c1N. The van der Waals surface area contributed by atoms with Crippen LogP contribution in [0.5, 0.6) is 0 Å². The van der Waals surface area contributed by atoms with Crippen molar-refractivity contribution in [3.05, 3.63) is 15.8 Å². The molecule has 1 rings (SSSR count). The van der Waals surface area contributed by atoms with Gasteiger partial charge in [0.25, 0.3) is 0 Å². The molecule has 6 nitrogen and oxygen atoms in total. The molecule has 0 saturated carbocycles. The summed E-state index contributed by atoms with van der Waals surface area (Å²) >= 11 is 0. The maximum absolute atomic E-state index is 10.8. The van der Waals surface area contributed by atoms with E-state index in [0.717, 1.165) is 0 Å². The molecule has 0 aromatic carbocycles. The quantitative estimate of drug-likeness (QED) is 0.594. The van der Waals surface area contributed by atoms with Crippen LogP contribution in [-0.4, -0.2) is 14.7 Å². The first-order valence-corrected chi connectivity index (χ1v) is 4.68. The predicted molar refractivity (Wildman–Crippen MR) is 57.4 cm³/mol. The third-order valence-electron chi connectivity index (χ3n) is 2.02. The standard InChI is InChI=1S/C9H16N4O2/c1-9(2,3)5-6-7(13(14)15)8(10)12(4)11-6/h5,10H2,1-4H3. The van der Waals surface area contributed by atoms with E-state index in [-0.39, 0.29) is 16.9 Å². The molecule has 0 aliphatic carbocycles. The van der Waals surface area contributed by atoms with Gasteiger partial charge in [-0.2, -0.15) is 5.10 Å². The van der Waals surface area contributed by atoms with Crippen molar-refractivity contribution in [2.75, 3.05) is 5.73 Å². The summed E-state index contributed by atoms with van der Waals surface area (Å²) < 4.78 is 1.35. The van der Waals surface area contributed by atoms with Gasteiger partial charge in [-0.25, -0.2) is 4.68 Å². The number of hydrogen-bond acceptors (Lipinski definition) is 4. The summed E-state index contributed by atoms with van der Waals surface area (Å²) in [4.78, 5) is 10.3. The van der Waals surface area contributed by atoms with Gasteiger partial charge in [0.1, 0.15) is 5.69 Å². The number of nitrogens with two attached hydrogens (primary N) is 1. The third kappa shape index (κ3) is 2.45. The average Bonchev–Trinajstić information content (AvgIpc) is 2.23. The minimum Gasteiger partial charge on any atom is -0.378 e. The minimum absolute atomic E-state index is 0.0500. The van der Waals surface area contributed by atoms with Crippen molar-refractivity contribution < 1.29 is 4.92 Å². The zero-order chi connectivity index (χ0) is 11.8. The summed E-state index contributed by atoms with van der Waals surface area (Å²) in [6, 6.07) is 0. The summed E-state index contributed by atoms with van der Waals surface area (Å²) in [7, 11) is 1.61. The number of anilines is 1. The molecule has 6 heteroatoms. The first-order valence-electron chi connectivity index (χ1n) is 4.68. The highest BCUT2D eigenvalue weighted by molar-refractivity contribution is 5.56. The number of nitrogens with zero attached hydrogens (tertiary/aromatic N) is 3. The van der Waals surface area contributed by atoms with Gasteiger partial charge in [-0.15, -0.1) is 0 Å². The van der Waals surface area contributed by atoms with E-state index in [4.69, 9.17) is 5.73 Å². The Balaban J connectivity index is 3.18. The summed E-state index contributed by atoms with van der Waals surface area (Å²) in [6.07, 6.45) is 0.536. The molecular weight excluding hydrogens is 196 g/mol. The molecular formula is C9H16N4O2. The maximum Gasteiger partial charge on any atom is 0.333 e. The molecule has 0 radical (unpaired) electrons. The van der Waals surface area contributed by atoms with Crippen molar-refractivity contribution in [2.24, 2.45) is 12.5 Å². The monoisotopic (exact) mass is 212 g/mol. The second-order valence-corrected chi connectivity index (χ2v) is 4.80. The minimum atomic E-state index is -0.469. The van der Waals surface area contributed by atoms with E-state index in [0.29, 0.717) is 12.1 Å². The zero-order valence-corrected chi connectivity index (χ0v) is 9.44. The molecule has 1 aromatic rings. The lowest BCUT2D eigenvalue weighted by Gasteiger charge is -2.15. The number of rotatable bonds is 2. The van der Waals surface area contributed by atoms with Crippen LogP contribution in [0.15, 0.2) is 0 Å². The van der Waals surface area contributed by atoms with Crippen LogP contribution in [-0.2, 0) is 13.5 Å². The lowest BCUT2D eigenvalue weighted by Crippen LogP contribution is -2.11. The highest BCUT2D eigenvalue weighted by Gasteiger charge is 2.27. The fourth-order valence-electron chi connectivity index (χ4n) is 1.40. The van der Waals surface area contributed by atoms with Crippen LogP contribution in [0.4, 0.5) is 11.5 Å². The van der Waals surface area contributed by atoms with Gasteiger partial charge >= 0.3 is 5.69 Å². The summed E-state index contributed by atoms with van der Waals surface area (Å²) in [5, 5.41) is 14.9. The Morgan fingerprint density at radius 1 is 1.53 bits per heavy atom. The largest absolute Gasteiger partial charge is 0.378 e. The number of aryl methyl sites for hydroxylation is 1. The molecule has 2 N–H and O–H groups in total. The average molecular weight is 212 g/mol. The molecule has 84 valence electrons. The molecule has 1 aromatic heterocycles. The number of nitro groups is 1. The smallest absolute Gasteiger partial charge is 0.333 e. The predicted octanol–water partition coefficient (Wildman–Crippen LogP) is 1.50. The van der Waals surface area contributed by atoms with Crippen LogP contribution in [0, 0.1) is 15.5 Å². The van der Waals surface area contributed by atoms with Crippen molar-refractivity contribution in [3.63, 3.8) is 0 Å². The van der Waals surface area contributed by atoms with E-state index in [1.807, 2.05) is 20.8 Å². The molecule has 0 fully saturated rings. The molecule has 0 spiro atoms. The van der Waals surface area contributed by atoms with E-state index in [1.165, 1.54) is 4.68 Å². The molecule has 1 heterocycles. The van der Waals surface area contributed by atoms with Gasteiger partial charge in [-0.1, -0.05) is 20.8 Å². The van der Waals surface area contributed by atoms with Crippen molar-refractivity contribution >= 4 is 11.5 Å². The van der Waals surface area contributed by atoms with Crippen molar-refractivity contribution in [1.29, 1.82) is 0 Å². The summed E-state index contributed by atoms with van der Waals surface area (Å²) in [5.74, 6) is 0.110. The highest BCUT2D eigenvalue weighted by atomic mass is 16.6. The van der Waals surface area contributed by atoms with E-state index in [2.05, 4.69) is 5.10 Å². The van der Waals surface area contributed by atoms with Crippen molar-refractivity contribution in [2.45, 2.75) is 27.2 Å². The molecule has 0 bridgehead atoms. The Hall–Kier alpha value is -1.59. The molecule has 0 unspecified atom stereocenters. The lowest BCUT2D eigenvalue weighted by molar-refractivity contribution is -0.384. The Bertz CT molecular complexity index is 390. The van der Waals surface area contributed by atoms with Crippen molar-refractivity contribution in [3.8, 4) is 0 Å². The Labute approximate surface area is 88.2 Å². The number of nitrogen functional groups attached to an aromatic ring is 1. The Kier molecular flexibility index (Phi) is 2.70. The maximum atomic E-state index is 10.8. The Morgan fingerprint density at radius 3 is 2.47 bits per heavy atom. The van der Waals surface area contributed by atoms with Gasteiger partial charge in [0.15, 0.2) is 0 Å². The van der Waals surface area contributed by atoms with E-state index < -0.39 is 4.92 Å². The van der Waals surface area contributed by atoms with Gasteiger partial charge in [-0.3, -0.25) is 10.1 Å². The fraction of sp³-hybridized carbons (Fsp3) is 0.667. The van der Waals surface area contributed by atoms with E-state index >= 15 is 0 Å². The normalized spacial score (nSPS) is 11.7. The van der Waals surface area contributed by atoms with Crippen LogP contribution in [0.1, 0.15) is 26.5 Å². The highest BCUT2D eigenvalue weighted by Crippen LogP contribution is 2.30. The molecule has 0 aliphatic heterocycles. The molecule has 0 amide bonds. The topological polar surface area (TPSA) is 87.0 Å². The summed E-state index contributed by atoms with van der Waals surface area (Å²) in [5.41, 5.74) is 5.92. The van der Waals surface area contributed by atoms with Crippen molar-refractivity contribution in [1.82, 2.24) is 9.78 Å². The van der Waals surface area contributed by atoms with Gasteiger partial charge in [0, 0.05) is 13.5 Å². The van der Waals surface area contributed by atoms with Crippen LogP contribution < -0.4 is 5.73 Å².